The highest BCUT2D eigenvalue weighted by molar-refractivity contribution is 7.90. The van der Waals surface area contributed by atoms with Gasteiger partial charge in [-0.15, -0.1) is 11.3 Å². The van der Waals surface area contributed by atoms with E-state index in [1.165, 1.54) is 17.4 Å². The summed E-state index contributed by atoms with van der Waals surface area (Å²) in [5.74, 6) is -0.108. The maximum Gasteiger partial charge on any atom is 0.338 e. The van der Waals surface area contributed by atoms with E-state index in [2.05, 4.69) is 10.3 Å². The van der Waals surface area contributed by atoms with Crippen molar-refractivity contribution >= 4 is 43.6 Å². The first-order valence-electron chi connectivity index (χ1n) is 8.68. The minimum atomic E-state index is -3.82. The van der Waals surface area contributed by atoms with Gasteiger partial charge >= 0.3 is 5.97 Å². The Morgan fingerprint density at radius 2 is 1.94 bits per heavy atom. The number of benzene rings is 2. The number of esters is 1. The van der Waals surface area contributed by atoms with E-state index in [-0.39, 0.29) is 12.2 Å². The molecule has 2 aromatic carbocycles. The maximum atomic E-state index is 12.3. The standard InChI is InChI=1S/C19H17N3O7S2/c1-28-15-6-4-13(5-7-15)20-19-21-14(11-30-19)10-29-18(23)12-3-8-17(31(2,26)27)16(9-12)22(24)25/h3-9,11H,10H2,1-2H3,(H,20,21). The van der Waals surface area contributed by atoms with Crippen LogP contribution >= 0.6 is 11.3 Å². The van der Waals surface area contributed by atoms with Crippen molar-refractivity contribution in [2.45, 2.75) is 11.5 Å². The van der Waals surface area contributed by atoms with Crippen LogP contribution in [0.25, 0.3) is 0 Å². The zero-order chi connectivity index (χ0) is 22.6. The number of nitrogens with zero attached hydrogens (tertiary/aromatic N) is 2. The SMILES string of the molecule is COc1ccc(Nc2nc(COC(=O)c3ccc(S(C)(=O)=O)c([N+](=O)[O-])c3)cs2)cc1. The van der Waals surface area contributed by atoms with Crippen molar-refractivity contribution in [2.24, 2.45) is 0 Å². The van der Waals surface area contributed by atoms with E-state index >= 15 is 0 Å². The van der Waals surface area contributed by atoms with Crippen LogP contribution < -0.4 is 10.1 Å². The summed E-state index contributed by atoms with van der Waals surface area (Å²) in [6, 6.07) is 10.3. The summed E-state index contributed by atoms with van der Waals surface area (Å²) in [5, 5.41) is 16.6. The molecule has 10 nitrogen and oxygen atoms in total. The monoisotopic (exact) mass is 463 g/mol. The number of rotatable bonds is 8. The minimum Gasteiger partial charge on any atom is -0.497 e. The lowest BCUT2D eigenvalue weighted by Gasteiger charge is -2.06. The van der Waals surface area contributed by atoms with Crippen molar-refractivity contribution in [2.75, 3.05) is 18.7 Å². The molecule has 0 fully saturated rings. The Labute approximate surface area is 181 Å². The Balaban J connectivity index is 1.66. The van der Waals surface area contributed by atoms with Crippen molar-refractivity contribution in [3.63, 3.8) is 0 Å². The second-order valence-corrected chi connectivity index (χ2v) is 9.13. The van der Waals surface area contributed by atoms with E-state index in [9.17, 15) is 23.3 Å². The van der Waals surface area contributed by atoms with Crippen LogP contribution in [0, 0.1) is 10.1 Å². The lowest BCUT2D eigenvalue weighted by Crippen LogP contribution is -2.08. The van der Waals surface area contributed by atoms with Gasteiger partial charge in [0, 0.05) is 23.4 Å². The largest absolute Gasteiger partial charge is 0.497 e. The van der Waals surface area contributed by atoms with E-state index in [0.29, 0.717) is 10.8 Å². The van der Waals surface area contributed by atoms with E-state index in [1.54, 1.807) is 24.6 Å². The number of carbonyl (C=O) groups is 1. The number of nitrogens with one attached hydrogen (secondary N) is 1. The second-order valence-electron chi connectivity index (χ2n) is 6.29. The zero-order valence-electron chi connectivity index (χ0n) is 16.4. The number of nitro groups is 1. The lowest BCUT2D eigenvalue weighted by atomic mass is 10.2. The molecule has 0 bridgehead atoms. The Hall–Kier alpha value is -3.51. The first-order valence-corrected chi connectivity index (χ1v) is 11.5. The Kier molecular flexibility index (Phi) is 6.51. The maximum absolute atomic E-state index is 12.3. The summed E-state index contributed by atoms with van der Waals surface area (Å²) in [6.45, 7) is -0.152. The number of hydrogen-bond acceptors (Lipinski definition) is 10. The summed E-state index contributed by atoms with van der Waals surface area (Å²) in [7, 11) is -2.24. The number of nitro benzene ring substituents is 1. The molecule has 0 aliphatic heterocycles. The number of thiazole rings is 1. The molecule has 0 saturated carbocycles. The average Bonchev–Trinajstić information content (AvgIpc) is 3.18. The van der Waals surface area contributed by atoms with E-state index in [0.717, 1.165) is 29.8 Å². The molecule has 1 N–H and O–H groups in total. The van der Waals surface area contributed by atoms with E-state index in [4.69, 9.17) is 9.47 Å². The zero-order valence-corrected chi connectivity index (χ0v) is 18.0. The molecule has 12 heteroatoms. The van der Waals surface area contributed by atoms with Gasteiger partial charge in [0.2, 0.25) is 0 Å². The molecule has 0 unspecified atom stereocenters. The molecule has 3 aromatic rings. The summed E-state index contributed by atoms with van der Waals surface area (Å²) in [5.41, 5.74) is 0.469. The molecule has 162 valence electrons. The van der Waals surface area contributed by atoms with Crippen LogP contribution in [-0.2, 0) is 21.2 Å². The summed E-state index contributed by atoms with van der Waals surface area (Å²) >= 11 is 1.31. The van der Waals surface area contributed by atoms with Crippen LogP contribution in [-0.4, -0.2) is 37.7 Å². The number of methoxy groups -OCH3 is 1. The third-order valence-electron chi connectivity index (χ3n) is 4.03. The van der Waals surface area contributed by atoms with Gasteiger partial charge in [0.1, 0.15) is 17.3 Å². The molecular weight excluding hydrogens is 446 g/mol. The molecule has 1 heterocycles. The van der Waals surface area contributed by atoms with Crippen molar-refractivity contribution in [1.29, 1.82) is 0 Å². The molecule has 0 atom stereocenters. The molecule has 0 aliphatic carbocycles. The second kappa shape index (κ2) is 9.10. The fourth-order valence-corrected chi connectivity index (χ4v) is 4.10. The number of ether oxygens (including phenoxy) is 2. The van der Waals surface area contributed by atoms with Crippen molar-refractivity contribution in [1.82, 2.24) is 4.98 Å². The molecular formula is C19H17N3O7S2. The highest BCUT2D eigenvalue weighted by Crippen LogP contribution is 2.26. The van der Waals surface area contributed by atoms with Crippen molar-refractivity contribution < 1.29 is 27.6 Å². The lowest BCUT2D eigenvalue weighted by molar-refractivity contribution is -0.387. The third-order valence-corrected chi connectivity index (χ3v) is 5.99. The van der Waals surface area contributed by atoms with Gasteiger partial charge in [-0.1, -0.05) is 0 Å². The van der Waals surface area contributed by atoms with Crippen LogP contribution in [0.2, 0.25) is 0 Å². The van der Waals surface area contributed by atoms with E-state index < -0.39 is 31.3 Å². The fraction of sp³-hybridized carbons (Fsp3) is 0.158. The molecule has 0 spiro atoms. The normalized spacial score (nSPS) is 11.0. The van der Waals surface area contributed by atoms with Gasteiger partial charge < -0.3 is 14.8 Å². The number of anilines is 2. The molecule has 31 heavy (non-hydrogen) atoms. The van der Waals surface area contributed by atoms with Gasteiger partial charge in [-0.2, -0.15) is 0 Å². The predicted octanol–water partition coefficient (Wildman–Crippen LogP) is 3.56. The topological polar surface area (TPSA) is 138 Å². The van der Waals surface area contributed by atoms with Crippen molar-refractivity contribution in [3.05, 3.63) is 69.2 Å². The van der Waals surface area contributed by atoms with Gasteiger partial charge in [0.25, 0.3) is 5.69 Å². The molecule has 1 aromatic heterocycles. The van der Waals surface area contributed by atoms with Gasteiger partial charge in [0.15, 0.2) is 15.0 Å². The minimum absolute atomic E-state index is 0.133. The fourth-order valence-electron chi connectivity index (χ4n) is 2.55. The predicted molar refractivity (Wildman–Crippen MR) is 114 cm³/mol. The van der Waals surface area contributed by atoms with Gasteiger partial charge in [-0.05, 0) is 36.4 Å². The highest BCUT2D eigenvalue weighted by Gasteiger charge is 2.24. The molecule has 0 aliphatic rings. The number of carbonyl (C=O) groups excluding carboxylic acids is 1. The summed E-state index contributed by atoms with van der Waals surface area (Å²) in [6.07, 6.45) is 0.854. The number of aromatic nitrogens is 1. The van der Waals surface area contributed by atoms with Crippen LogP contribution in [0.5, 0.6) is 5.75 Å². The van der Waals surface area contributed by atoms with Crippen LogP contribution in [0.4, 0.5) is 16.5 Å². The number of sulfone groups is 1. The van der Waals surface area contributed by atoms with E-state index in [1.807, 2.05) is 12.1 Å². The van der Waals surface area contributed by atoms with Gasteiger partial charge in [0.05, 0.1) is 23.3 Å². The quantitative estimate of drug-likeness (QED) is 0.302. The summed E-state index contributed by atoms with van der Waals surface area (Å²) in [4.78, 5) is 26.4. The molecule has 0 radical (unpaired) electrons. The number of hydrogen-bond donors (Lipinski definition) is 1. The Morgan fingerprint density at radius 3 is 2.55 bits per heavy atom. The Bertz CT molecular complexity index is 1220. The first kappa shape index (κ1) is 22.2. The Morgan fingerprint density at radius 1 is 1.23 bits per heavy atom. The van der Waals surface area contributed by atoms with Crippen LogP contribution in [0.1, 0.15) is 16.1 Å². The molecule has 0 saturated heterocycles. The highest BCUT2D eigenvalue weighted by atomic mass is 32.2. The third kappa shape index (κ3) is 5.55. The van der Waals surface area contributed by atoms with Crippen LogP contribution in [0.3, 0.4) is 0 Å². The van der Waals surface area contributed by atoms with Crippen LogP contribution in [0.15, 0.2) is 52.7 Å². The average molecular weight is 463 g/mol. The first-order chi connectivity index (χ1) is 14.7. The summed E-state index contributed by atoms with van der Waals surface area (Å²) < 4.78 is 33.6. The molecule has 3 rings (SSSR count). The molecule has 0 amide bonds. The smallest absolute Gasteiger partial charge is 0.338 e. The van der Waals surface area contributed by atoms with Gasteiger partial charge in [-0.25, -0.2) is 18.2 Å². The van der Waals surface area contributed by atoms with Gasteiger partial charge in [-0.3, -0.25) is 10.1 Å². The van der Waals surface area contributed by atoms with Crippen molar-refractivity contribution in [3.8, 4) is 5.75 Å².